The van der Waals surface area contributed by atoms with Gasteiger partial charge in [-0.1, -0.05) is 90.1 Å². The molecule has 1 aromatic carbocycles. The highest BCUT2D eigenvalue weighted by Crippen LogP contribution is 2.35. The number of Topliss-reactive ketones (excluding diaryl/α,β-unsaturated/α-hetero) is 4. The highest BCUT2D eigenvalue weighted by molar-refractivity contribution is 6.38. The Morgan fingerprint density at radius 2 is 1.55 bits per heavy atom. The molecule has 12 heteroatoms. The molecule has 0 radical (unpaired) electrons. The summed E-state index contributed by atoms with van der Waals surface area (Å²) in [5.74, 6) is -5.76. The monoisotopic (exact) mass is 771 g/mol. The van der Waals surface area contributed by atoms with Gasteiger partial charge in [0.1, 0.15) is 11.5 Å². The molecular formula is C44H61N5O7. The molecule has 0 spiro atoms. The lowest BCUT2D eigenvalue weighted by molar-refractivity contribution is -0.142. The average molecular weight is 772 g/mol. The third-order valence-electron chi connectivity index (χ3n) is 11.6. The molecule has 2 fully saturated rings. The van der Waals surface area contributed by atoms with Gasteiger partial charge >= 0.3 is 0 Å². The van der Waals surface area contributed by atoms with Crippen molar-refractivity contribution < 1.29 is 33.6 Å². The van der Waals surface area contributed by atoms with Crippen LogP contribution in [0.4, 0.5) is 0 Å². The molecule has 0 aliphatic heterocycles. The van der Waals surface area contributed by atoms with Crippen LogP contribution in [0.2, 0.25) is 0 Å². The smallest absolute Gasteiger partial charge is 0.272 e. The van der Waals surface area contributed by atoms with Crippen molar-refractivity contribution in [1.29, 1.82) is 0 Å². The van der Waals surface area contributed by atoms with Crippen molar-refractivity contribution in [3.8, 4) is 0 Å². The van der Waals surface area contributed by atoms with Crippen LogP contribution in [0.3, 0.4) is 0 Å². The number of rotatable bonds is 19. The Kier molecular flexibility index (Phi) is 16.2. The van der Waals surface area contributed by atoms with Gasteiger partial charge in [-0.15, -0.1) is 0 Å². The topological polar surface area (TPSA) is 173 Å². The first-order valence-electron chi connectivity index (χ1n) is 20.4. The van der Waals surface area contributed by atoms with Gasteiger partial charge in [0.25, 0.3) is 5.91 Å². The Morgan fingerprint density at radius 3 is 2.16 bits per heavy atom. The molecule has 304 valence electrons. The maximum atomic E-state index is 14.1. The third-order valence-corrected chi connectivity index (χ3v) is 11.6. The largest absolute Gasteiger partial charge is 0.352 e. The number of likely N-dealkylation sites (N-methyl/N-ethyl adjacent to an activating group) is 1. The van der Waals surface area contributed by atoms with E-state index < -0.39 is 58.6 Å². The summed E-state index contributed by atoms with van der Waals surface area (Å²) in [5, 5.41) is 6.05. The maximum Gasteiger partial charge on any atom is 0.272 e. The van der Waals surface area contributed by atoms with E-state index >= 15 is 0 Å². The highest BCUT2D eigenvalue weighted by atomic mass is 16.2. The molecule has 2 aliphatic rings. The number of nitrogens with zero attached hydrogens (tertiary/aromatic N) is 3. The van der Waals surface area contributed by atoms with Crippen molar-refractivity contribution in [2.75, 3.05) is 14.1 Å². The third kappa shape index (κ3) is 11.9. The van der Waals surface area contributed by atoms with E-state index in [9.17, 15) is 33.6 Å². The van der Waals surface area contributed by atoms with Crippen LogP contribution in [0.1, 0.15) is 133 Å². The number of amides is 3. The number of carbonyl (C=O) groups is 7. The Bertz CT molecular complexity index is 1680. The number of aromatic nitrogens is 2. The molecule has 2 aromatic rings. The zero-order chi connectivity index (χ0) is 41.0. The summed E-state index contributed by atoms with van der Waals surface area (Å²) in [6.45, 7) is 7.61. The van der Waals surface area contributed by atoms with Gasteiger partial charge in [0.05, 0.1) is 18.2 Å². The van der Waals surface area contributed by atoms with Gasteiger partial charge in [-0.3, -0.25) is 38.5 Å². The van der Waals surface area contributed by atoms with Crippen LogP contribution in [0.5, 0.6) is 0 Å². The van der Waals surface area contributed by atoms with Crippen LogP contribution in [-0.2, 0) is 28.8 Å². The number of hydrogen-bond acceptors (Lipinski definition) is 9. The number of ketones is 4. The highest BCUT2D eigenvalue weighted by Gasteiger charge is 2.42. The average Bonchev–Trinajstić information content (AvgIpc) is 3.65. The molecular weight excluding hydrogens is 711 g/mol. The van der Waals surface area contributed by atoms with E-state index in [4.69, 9.17) is 0 Å². The molecule has 4 rings (SSSR count). The minimum absolute atomic E-state index is 0.0549. The first-order valence-corrected chi connectivity index (χ1v) is 20.4. The maximum absolute atomic E-state index is 14.1. The second kappa shape index (κ2) is 20.5. The summed E-state index contributed by atoms with van der Waals surface area (Å²) in [6.07, 6.45) is 11.1. The predicted molar refractivity (Wildman–Crippen MR) is 212 cm³/mol. The van der Waals surface area contributed by atoms with Gasteiger partial charge in [-0.05, 0) is 49.0 Å². The van der Waals surface area contributed by atoms with E-state index in [2.05, 4.69) is 20.6 Å². The minimum atomic E-state index is -0.823. The fourth-order valence-corrected chi connectivity index (χ4v) is 8.41. The van der Waals surface area contributed by atoms with E-state index in [-0.39, 0.29) is 54.3 Å². The lowest BCUT2D eigenvalue weighted by Gasteiger charge is -2.34. The van der Waals surface area contributed by atoms with E-state index in [0.717, 1.165) is 32.1 Å². The second-order valence-corrected chi connectivity index (χ2v) is 17.0. The number of benzene rings is 1. The van der Waals surface area contributed by atoms with E-state index in [1.165, 1.54) is 23.5 Å². The van der Waals surface area contributed by atoms with Gasteiger partial charge in [0, 0.05) is 69.5 Å². The molecule has 0 bridgehead atoms. The Balaban J connectivity index is 1.45. The van der Waals surface area contributed by atoms with Crippen LogP contribution in [0, 0.1) is 29.1 Å². The lowest BCUT2D eigenvalue weighted by atomic mass is 9.74. The zero-order valence-corrected chi connectivity index (χ0v) is 34.1. The van der Waals surface area contributed by atoms with Crippen LogP contribution in [0.25, 0.3) is 0 Å². The molecule has 56 heavy (non-hydrogen) atoms. The summed E-state index contributed by atoms with van der Waals surface area (Å²) < 4.78 is 0. The number of nitrogens with one attached hydrogen (secondary N) is 2. The van der Waals surface area contributed by atoms with Crippen LogP contribution >= 0.6 is 0 Å². The van der Waals surface area contributed by atoms with E-state index in [1.54, 1.807) is 38.4 Å². The van der Waals surface area contributed by atoms with Crippen molar-refractivity contribution >= 4 is 40.9 Å². The summed E-state index contributed by atoms with van der Waals surface area (Å²) in [4.78, 5) is 105. The normalized spacial score (nSPS) is 19.5. The van der Waals surface area contributed by atoms with Gasteiger partial charge < -0.3 is 15.5 Å². The molecule has 1 aromatic heterocycles. The summed E-state index contributed by atoms with van der Waals surface area (Å²) >= 11 is 0. The Labute approximate surface area is 331 Å². The minimum Gasteiger partial charge on any atom is -0.352 e. The molecule has 3 amide bonds. The molecule has 2 aliphatic carbocycles. The zero-order valence-electron chi connectivity index (χ0n) is 34.1. The molecule has 1 unspecified atom stereocenters. The SMILES string of the molecule is CCC[C@H](CC(=O)[C@@H]1CCC[C@@H]1NC(=O)C(CC(=O)[C@@H](NC(=O)c1cnccn1)C1CCCCC1)C(C)(C)C)C(=O)C(=O)C[C@@H](C(=O)N(C)C)c1ccccc1. The molecule has 1 heterocycles. The fraction of sp³-hybridized carbons (Fsp3) is 0.614. The fourth-order valence-electron chi connectivity index (χ4n) is 8.41. The van der Waals surface area contributed by atoms with Gasteiger partial charge in [0.2, 0.25) is 17.6 Å². The van der Waals surface area contributed by atoms with Gasteiger partial charge in [0.15, 0.2) is 11.6 Å². The number of hydrogen-bond donors (Lipinski definition) is 2. The van der Waals surface area contributed by atoms with Crippen molar-refractivity contribution in [3.63, 3.8) is 0 Å². The number of carbonyl (C=O) groups excluding carboxylic acids is 7. The Hall–Kier alpha value is -4.61. The molecule has 0 saturated heterocycles. The molecule has 12 nitrogen and oxygen atoms in total. The molecule has 2 N–H and O–H groups in total. The van der Waals surface area contributed by atoms with Gasteiger partial charge in [-0.25, -0.2) is 4.98 Å². The predicted octanol–water partition coefficient (Wildman–Crippen LogP) is 5.84. The summed E-state index contributed by atoms with van der Waals surface area (Å²) in [5.41, 5.74) is 0.145. The first-order chi connectivity index (χ1) is 26.6. The lowest BCUT2D eigenvalue weighted by Crippen LogP contribution is -2.50. The summed E-state index contributed by atoms with van der Waals surface area (Å²) in [7, 11) is 3.22. The van der Waals surface area contributed by atoms with Crippen molar-refractivity contribution in [3.05, 3.63) is 60.2 Å². The van der Waals surface area contributed by atoms with Crippen molar-refractivity contribution in [2.24, 2.45) is 29.1 Å². The molecule has 6 atom stereocenters. The van der Waals surface area contributed by atoms with Crippen LogP contribution < -0.4 is 10.6 Å². The van der Waals surface area contributed by atoms with Gasteiger partial charge in [-0.2, -0.15) is 0 Å². The van der Waals surface area contributed by atoms with Crippen molar-refractivity contribution in [1.82, 2.24) is 25.5 Å². The van der Waals surface area contributed by atoms with Crippen LogP contribution in [-0.4, -0.2) is 81.9 Å². The van der Waals surface area contributed by atoms with Crippen molar-refractivity contribution in [2.45, 2.75) is 129 Å². The molecule has 2 saturated carbocycles. The van der Waals surface area contributed by atoms with E-state index in [1.807, 2.05) is 33.8 Å². The standard InChI is InChI=1S/C44H61N5O7/c1-7-15-30(40(53)38(52)25-32(43(56)49(5)6)28-16-10-8-11-17-28)24-36(50)31-20-14-21-34(31)47-41(54)33(44(2,3)4)26-37(51)39(29-18-12-9-13-19-29)48-42(55)35-27-45-22-23-46-35/h8,10-11,16-17,22-23,27,29-34,39H,7,9,12-15,18-21,24-26H2,1-6H3,(H,47,54)(H,48,55)/t30-,31-,32-,33?,34+,39+/m1/s1. The quantitative estimate of drug-likeness (QED) is 0.167. The second-order valence-electron chi connectivity index (χ2n) is 17.0. The van der Waals surface area contributed by atoms with Crippen LogP contribution in [0.15, 0.2) is 48.9 Å². The van der Waals surface area contributed by atoms with E-state index in [0.29, 0.717) is 37.7 Å². The Morgan fingerprint density at radius 1 is 0.857 bits per heavy atom. The first kappa shape index (κ1) is 44.1. The summed E-state index contributed by atoms with van der Waals surface area (Å²) in [6, 6.07) is 7.66.